The summed E-state index contributed by atoms with van der Waals surface area (Å²) in [4.78, 5) is 47.5. The van der Waals surface area contributed by atoms with Crippen LogP contribution < -0.4 is 4.74 Å². The molecule has 1 aliphatic heterocycles. The SMILES string of the molecule is COC(=O)[C@H]1O[C@@H](Oc2ccc(CBr)cc2)[C@H](OC(C)=O)[C@@H](OC(C)=O)[C@@H]1OC(C)=O. The molecule has 1 fully saturated rings. The number of rotatable bonds is 7. The molecule has 0 saturated carbocycles. The van der Waals surface area contributed by atoms with E-state index in [0.717, 1.165) is 33.4 Å². The third-order valence-electron chi connectivity index (χ3n) is 4.16. The van der Waals surface area contributed by atoms with Gasteiger partial charge in [-0.25, -0.2) is 4.79 Å². The number of esters is 4. The monoisotopic (exact) mass is 502 g/mol. The summed E-state index contributed by atoms with van der Waals surface area (Å²) in [5.74, 6) is -2.82. The highest BCUT2D eigenvalue weighted by Gasteiger charge is 2.55. The molecular formula is C20H23BrO10. The van der Waals surface area contributed by atoms with E-state index in [9.17, 15) is 19.2 Å². The number of benzene rings is 1. The molecule has 0 aromatic heterocycles. The molecule has 0 unspecified atom stereocenters. The van der Waals surface area contributed by atoms with Gasteiger partial charge in [0.25, 0.3) is 0 Å². The Hall–Kier alpha value is -2.66. The first kappa shape index (κ1) is 24.6. The van der Waals surface area contributed by atoms with Gasteiger partial charge < -0.3 is 28.4 Å². The van der Waals surface area contributed by atoms with E-state index in [0.29, 0.717) is 11.1 Å². The smallest absolute Gasteiger partial charge is 0.339 e. The zero-order valence-corrected chi connectivity index (χ0v) is 18.9. The molecule has 0 spiro atoms. The fraction of sp³-hybridized carbons (Fsp3) is 0.500. The van der Waals surface area contributed by atoms with Crippen molar-refractivity contribution in [3.05, 3.63) is 29.8 Å². The number of carbonyl (C=O) groups is 4. The van der Waals surface area contributed by atoms with Crippen molar-refractivity contribution in [3.63, 3.8) is 0 Å². The number of ether oxygens (including phenoxy) is 6. The van der Waals surface area contributed by atoms with E-state index in [-0.39, 0.29) is 0 Å². The molecule has 1 aromatic rings. The Labute approximate surface area is 187 Å². The molecule has 1 saturated heterocycles. The summed E-state index contributed by atoms with van der Waals surface area (Å²) < 4.78 is 32.0. The summed E-state index contributed by atoms with van der Waals surface area (Å²) in [7, 11) is 1.12. The lowest BCUT2D eigenvalue weighted by Crippen LogP contribution is -2.64. The van der Waals surface area contributed by atoms with Crippen LogP contribution in [0.5, 0.6) is 5.75 Å². The van der Waals surface area contributed by atoms with Crippen molar-refractivity contribution < 1.29 is 47.6 Å². The predicted octanol–water partition coefficient (Wildman–Crippen LogP) is 1.65. The molecule has 0 radical (unpaired) electrons. The van der Waals surface area contributed by atoms with E-state index in [4.69, 9.17) is 28.4 Å². The molecule has 1 aromatic carbocycles. The molecule has 5 atom stereocenters. The zero-order chi connectivity index (χ0) is 23.1. The topological polar surface area (TPSA) is 124 Å². The van der Waals surface area contributed by atoms with Gasteiger partial charge in [0.2, 0.25) is 12.4 Å². The van der Waals surface area contributed by atoms with Crippen LogP contribution in [0.25, 0.3) is 0 Å². The lowest BCUT2D eigenvalue weighted by atomic mass is 9.97. The Morgan fingerprint density at radius 2 is 1.39 bits per heavy atom. The second-order valence-corrected chi connectivity index (χ2v) is 7.13. The number of hydrogen-bond donors (Lipinski definition) is 0. The average molecular weight is 503 g/mol. The maximum Gasteiger partial charge on any atom is 0.339 e. The third kappa shape index (κ3) is 6.66. The van der Waals surface area contributed by atoms with Gasteiger partial charge in [-0.05, 0) is 17.7 Å². The summed E-state index contributed by atoms with van der Waals surface area (Å²) in [5, 5.41) is 0.631. The van der Waals surface area contributed by atoms with Crippen LogP contribution in [0.3, 0.4) is 0 Å². The van der Waals surface area contributed by atoms with Crippen LogP contribution in [0.1, 0.15) is 26.3 Å². The lowest BCUT2D eigenvalue weighted by Gasteiger charge is -2.43. The van der Waals surface area contributed by atoms with Crippen LogP contribution in [-0.4, -0.2) is 61.7 Å². The van der Waals surface area contributed by atoms with Crippen molar-refractivity contribution in [2.24, 2.45) is 0 Å². The quantitative estimate of drug-likeness (QED) is 0.308. The predicted molar refractivity (Wildman–Crippen MR) is 107 cm³/mol. The molecule has 1 heterocycles. The molecule has 10 nitrogen and oxygen atoms in total. The maximum atomic E-state index is 12.4. The first-order valence-electron chi connectivity index (χ1n) is 9.22. The average Bonchev–Trinajstić information content (AvgIpc) is 2.71. The van der Waals surface area contributed by atoms with E-state index in [1.165, 1.54) is 0 Å². The summed E-state index contributed by atoms with van der Waals surface area (Å²) in [6, 6.07) is 6.88. The van der Waals surface area contributed by atoms with Crippen LogP contribution in [0.4, 0.5) is 0 Å². The molecule has 0 bridgehead atoms. The molecule has 2 rings (SSSR count). The largest absolute Gasteiger partial charge is 0.467 e. The summed E-state index contributed by atoms with van der Waals surface area (Å²) in [5.41, 5.74) is 0.980. The Morgan fingerprint density at radius 3 is 1.87 bits per heavy atom. The Bertz CT molecular complexity index is 809. The van der Waals surface area contributed by atoms with Gasteiger partial charge in [-0.3, -0.25) is 14.4 Å². The van der Waals surface area contributed by atoms with Crippen LogP contribution in [0.15, 0.2) is 24.3 Å². The van der Waals surface area contributed by atoms with Gasteiger partial charge in [0.05, 0.1) is 7.11 Å². The Kier molecular flexibility index (Phi) is 8.81. The number of methoxy groups -OCH3 is 1. The highest BCUT2D eigenvalue weighted by molar-refractivity contribution is 9.08. The maximum absolute atomic E-state index is 12.4. The highest BCUT2D eigenvalue weighted by atomic mass is 79.9. The molecular weight excluding hydrogens is 480 g/mol. The third-order valence-corrected chi connectivity index (χ3v) is 4.81. The van der Waals surface area contributed by atoms with Gasteiger partial charge in [-0.1, -0.05) is 28.1 Å². The summed E-state index contributed by atoms with van der Waals surface area (Å²) >= 11 is 3.34. The molecule has 0 aliphatic carbocycles. The summed E-state index contributed by atoms with van der Waals surface area (Å²) in [6.45, 7) is 3.36. The van der Waals surface area contributed by atoms with Crippen molar-refractivity contribution in [1.82, 2.24) is 0 Å². The Morgan fingerprint density at radius 1 is 0.871 bits per heavy atom. The van der Waals surface area contributed by atoms with Gasteiger partial charge in [0.15, 0.2) is 18.3 Å². The number of alkyl halides is 1. The molecule has 170 valence electrons. The minimum atomic E-state index is -1.50. The standard InChI is InChI=1S/C20H23BrO10/c1-10(22)27-15-16(28-11(2)23)18(29-12(3)24)20(31-17(15)19(25)26-4)30-14-7-5-13(9-21)6-8-14/h5-8,15-18,20H,9H2,1-4H3/t15-,16-,17-,18+,20+/m0/s1. The fourth-order valence-electron chi connectivity index (χ4n) is 2.97. The van der Waals surface area contributed by atoms with Crippen molar-refractivity contribution in [1.29, 1.82) is 0 Å². The molecule has 0 N–H and O–H groups in total. The van der Waals surface area contributed by atoms with E-state index >= 15 is 0 Å². The lowest BCUT2D eigenvalue weighted by molar-refractivity contribution is -0.282. The van der Waals surface area contributed by atoms with Gasteiger partial charge in [-0.15, -0.1) is 0 Å². The highest BCUT2D eigenvalue weighted by Crippen LogP contribution is 2.31. The van der Waals surface area contributed by atoms with Crippen molar-refractivity contribution >= 4 is 39.8 Å². The second-order valence-electron chi connectivity index (χ2n) is 6.57. The minimum absolute atomic E-state index is 0.336. The van der Waals surface area contributed by atoms with Crippen LogP contribution in [0, 0.1) is 0 Å². The molecule has 11 heteroatoms. The van der Waals surface area contributed by atoms with E-state index in [1.807, 2.05) is 0 Å². The van der Waals surface area contributed by atoms with Gasteiger partial charge in [0, 0.05) is 26.1 Å². The molecule has 1 aliphatic rings. The van der Waals surface area contributed by atoms with E-state index in [2.05, 4.69) is 15.9 Å². The van der Waals surface area contributed by atoms with Crippen LogP contribution >= 0.6 is 15.9 Å². The number of halogens is 1. The van der Waals surface area contributed by atoms with Gasteiger partial charge in [-0.2, -0.15) is 0 Å². The first-order chi connectivity index (χ1) is 14.7. The summed E-state index contributed by atoms with van der Waals surface area (Å²) in [6.07, 6.45) is -7.05. The second kappa shape index (κ2) is 11.1. The van der Waals surface area contributed by atoms with Crippen molar-refractivity contribution in [2.45, 2.75) is 56.8 Å². The normalized spacial score (nSPS) is 25.1. The number of hydrogen-bond acceptors (Lipinski definition) is 10. The first-order valence-corrected chi connectivity index (χ1v) is 10.3. The van der Waals surface area contributed by atoms with E-state index < -0.39 is 54.6 Å². The van der Waals surface area contributed by atoms with Crippen LogP contribution in [-0.2, 0) is 48.2 Å². The van der Waals surface area contributed by atoms with Crippen molar-refractivity contribution in [3.8, 4) is 5.75 Å². The molecule has 0 amide bonds. The molecule has 31 heavy (non-hydrogen) atoms. The fourth-order valence-corrected chi connectivity index (χ4v) is 3.34. The minimum Gasteiger partial charge on any atom is -0.467 e. The number of carbonyl (C=O) groups excluding carboxylic acids is 4. The van der Waals surface area contributed by atoms with Gasteiger partial charge in [0.1, 0.15) is 5.75 Å². The van der Waals surface area contributed by atoms with E-state index in [1.54, 1.807) is 24.3 Å². The Balaban J connectivity index is 2.46. The zero-order valence-electron chi connectivity index (χ0n) is 17.4. The van der Waals surface area contributed by atoms with Crippen molar-refractivity contribution in [2.75, 3.05) is 7.11 Å². The van der Waals surface area contributed by atoms with Crippen LogP contribution in [0.2, 0.25) is 0 Å². The van der Waals surface area contributed by atoms with Gasteiger partial charge >= 0.3 is 23.9 Å².